The number of hydrogen-bond donors (Lipinski definition) is 0. The van der Waals surface area contributed by atoms with Crippen LogP contribution in [0.4, 0.5) is 10.1 Å². The van der Waals surface area contributed by atoms with E-state index in [2.05, 4.69) is 11.8 Å². The number of pyridine rings is 1. The molecule has 0 radical (unpaired) electrons. The minimum absolute atomic E-state index is 0.0333. The van der Waals surface area contributed by atoms with Crippen molar-refractivity contribution < 1.29 is 12.8 Å². The molecule has 0 spiro atoms. The molecule has 3 aromatic rings. The Balaban J connectivity index is 1.81. The number of rotatable bonds is 4. The van der Waals surface area contributed by atoms with Gasteiger partial charge in [-0.15, -0.1) is 0 Å². The number of benzene rings is 2. The van der Waals surface area contributed by atoms with Gasteiger partial charge in [0.1, 0.15) is 10.7 Å². The van der Waals surface area contributed by atoms with Crippen LogP contribution < -0.4 is 10.3 Å². The maximum Gasteiger partial charge on any atom is 0.211 e. The van der Waals surface area contributed by atoms with Gasteiger partial charge in [-0.3, -0.25) is 4.79 Å². The van der Waals surface area contributed by atoms with Crippen LogP contribution >= 0.6 is 11.6 Å². The second-order valence-corrected chi connectivity index (χ2v) is 9.99. The molecule has 1 aliphatic rings. The van der Waals surface area contributed by atoms with E-state index in [-0.39, 0.29) is 10.3 Å². The summed E-state index contributed by atoms with van der Waals surface area (Å²) in [6.07, 6.45) is 1.30. The lowest BCUT2D eigenvalue weighted by Gasteiger charge is -2.35. The van der Waals surface area contributed by atoms with Gasteiger partial charge < -0.3 is 14.4 Å². The Morgan fingerprint density at radius 3 is 2.32 bits per heavy atom. The van der Waals surface area contributed by atoms with Gasteiger partial charge >= 0.3 is 0 Å². The minimum atomic E-state index is -4.08. The molecule has 4 rings (SSSR count). The van der Waals surface area contributed by atoms with Crippen LogP contribution in [0.2, 0.25) is 5.02 Å². The van der Waals surface area contributed by atoms with Crippen LogP contribution in [0, 0.1) is 5.82 Å². The number of nitrogens with zero attached hydrogens (tertiary/aromatic N) is 3. The predicted molar refractivity (Wildman–Crippen MR) is 120 cm³/mol. The first kappa shape index (κ1) is 21.8. The first-order valence-corrected chi connectivity index (χ1v) is 11.9. The molecule has 0 bridgehead atoms. The van der Waals surface area contributed by atoms with Gasteiger partial charge in [-0.2, -0.15) is 0 Å². The maximum atomic E-state index is 15.0. The lowest BCUT2D eigenvalue weighted by Crippen LogP contribution is -2.46. The topological polar surface area (TPSA) is 62.6 Å². The minimum Gasteiger partial charge on any atom is -0.367 e. The predicted octanol–water partition coefficient (Wildman–Crippen LogP) is 3.31. The Morgan fingerprint density at radius 1 is 1.06 bits per heavy atom. The fourth-order valence-electron chi connectivity index (χ4n) is 3.94. The van der Waals surface area contributed by atoms with Crippen LogP contribution in [0.3, 0.4) is 0 Å². The van der Waals surface area contributed by atoms with E-state index >= 15 is 4.39 Å². The zero-order valence-corrected chi connectivity index (χ0v) is 18.9. The fraction of sp³-hybridized carbons (Fsp3) is 0.318. The average molecular weight is 464 g/mol. The van der Waals surface area contributed by atoms with Crippen LogP contribution in [0.1, 0.15) is 6.92 Å². The molecule has 2 heterocycles. The molecule has 1 fully saturated rings. The standard InChI is InChI=1S/C22H23ClFN3O3S/c1-3-26-8-10-27(11-9-26)20-13-19-17(12-18(20)24)22(28)21(14-25(19)2)31(29,30)16-6-4-15(23)5-7-16/h4-7,12-14H,3,8-11H2,1-2H3. The van der Waals surface area contributed by atoms with E-state index < -0.39 is 26.0 Å². The Bertz CT molecular complexity index is 1300. The van der Waals surface area contributed by atoms with Crippen molar-refractivity contribution in [2.24, 2.45) is 7.05 Å². The van der Waals surface area contributed by atoms with Crippen LogP contribution in [0.5, 0.6) is 0 Å². The molecular weight excluding hydrogens is 441 g/mol. The van der Waals surface area contributed by atoms with Crippen LogP contribution in [0.15, 0.2) is 57.2 Å². The third kappa shape index (κ3) is 3.95. The van der Waals surface area contributed by atoms with Gasteiger partial charge in [0.2, 0.25) is 15.3 Å². The molecule has 0 atom stereocenters. The van der Waals surface area contributed by atoms with E-state index in [1.54, 1.807) is 17.7 Å². The van der Waals surface area contributed by atoms with Crippen molar-refractivity contribution in [3.8, 4) is 0 Å². The Kier molecular flexibility index (Phi) is 5.81. The smallest absolute Gasteiger partial charge is 0.211 e. The van der Waals surface area contributed by atoms with E-state index in [0.717, 1.165) is 25.7 Å². The van der Waals surface area contributed by atoms with E-state index in [4.69, 9.17) is 11.6 Å². The van der Waals surface area contributed by atoms with Crippen molar-refractivity contribution in [3.63, 3.8) is 0 Å². The first-order valence-electron chi connectivity index (χ1n) is 10.0. The zero-order chi connectivity index (χ0) is 22.3. The van der Waals surface area contributed by atoms with Crippen LogP contribution in [0.25, 0.3) is 10.9 Å². The molecule has 1 saturated heterocycles. The molecule has 164 valence electrons. The summed E-state index contributed by atoms with van der Waals surface area (Å²) in [7, 11) is -2.43. The molecule has 0 aliphatic carbocycles. The second-order valence-electron chi connectivity index (χ2n) is 7.63. The van der Waals surface area contributed by atoms with Gasteiger partial charge in [0.15, 0.2) is 0 Å². The quantitative estimate of drug-likeness (QED) is 0.594. The molecule has 9 heteroatoms. The fourth-order valence-corrected chi connectivity index (χ4v) is 5.47. The Morgan fingerprint density at radius 2 is 1.71 bits per heavy atom. The highest BCUT2D eigenvalue weighted by molar-refractivity contribution is 7.91. The second kappa shape index (κ2) is 8.26. The summed E-state index contributed by atoms with van der Waals surface area (Å²) in [6.45, 7) is 6.10. The summed E-state index contributed by atoms with van der Waals surface area (Å²) in [5, 5.41) is 0.422. The molecule has 0 unspecified atom stereocenters. The van der Waals surface area contributed by atoms with Crippen molar-refractivity contribution in [3.05, 3.63) is 63.7 Å². The Labute approximate surface area is 185 Å². The number of piperazine rings is 1. The van der Waals surface area contributed by atoms with Crippen molar-refractivity contribution in [2.45, 2.75) is 16.7 Å². The van der Waals surface area contributed by atoms with E-state index in [1.165, 1.54) is 30.5 Å². The molecule has 0 saturated carbocycles. The number of aromatic nitrogens is 1. The third-order valence-electron chi connectivity index (χ3n) is 5.80. The van der Waals surface area contributed by atoms with Crippen LogP contribution in [-0.4, -0.2) is 50.6 Å². The third-order valence-corrected chi connectivity index (χ3v) is 7.81. The largest absolute Gasteiger partial charge is 0.367 e. The lowest BCUT2D eigenvalue weighted by molar-refractivity contribution is 0.270. The molecule has 2 aromatic carbocycles. The van der Waals surface area contributed by atoms with Crippen LogP contribution in [-0.2, 0) is 16.9 Å². The maximum absolute atomic E-state index is 15.0. The van der Waals surface area contributed by atoms with Gasteiger partial charge in [0.25, 0.3) is 0 Å². The number of halogens is 2. The molecule has 31 heavy (non-hydrogen) atoms. The van der Waals surface area contributed by atoms with E-state index in [1.807, 2.05) is 4.90 Å². The molecule has 1 aromatic heterocycles. The van der Waals surface area contributed by atoms with Crippen molar-refractivity contribution in [1.29, 1.82) is 0 Å². The number of hydrogen-bond acceptors (Lipinski definition) is 5. The van der Waals surface area contributed by atoms with Gasteiger partial charge in [-0.1, -0.05) is 18.5 Å². The number of fused-ring (bicyclic) bond motifs is 1. The van der Waals surface area contributed by atoms with Crippen molar-refractivity contribution in [2.75, 3.05) is 37.6 Å². The summed E-state index contributed by atoms with van der Waals surface area (Å²) in [5.41, 5.74) is 0.185. The number of aryl methyl sites for hydroxylation is 1. The van der Waals surface area contributed by atoms with Crippen molar-refractivity contribution >= 4 is 38.0 Å². The molecule has 0 N–H and O–H groups in total. The number of anilines is 1. The molecule has 0 amide bonds. The highest BCUT2D eigenvalue weighted by Crippen LogP contribution is 2.28. The SMILES string of the molecule is CCN1CCN(c2cc3c(cc2F)c(=O)c(S(=O)(=O)c2ccc(Cl)cc2)cn3C)CC1. The van der Waals surface area contributed by atoms with E-state index in [0.29, 0.717) is 29.3 Å². The summed E-state index contributed by atoms with van der Waals surface area (Å²) in [5.74, 6) is -0.532. The molecule has 6 nitrogen and oxygen atoms in total. The zero-order valence-electron chi connectivity index (χ0n) is 17.3. The number of sulfone groups is 1. The summed E-state index contributed by atoms with van der Waals surface area (Å²) in [4.78, 5) is 16.9. The normalized spacial score (nSPS) is 15.5. The molecular formula is C22H23ClFN3O3S. The Hall–Kier alpha value is -2.42. The summed E-state index contributed by atoms with van der Waals surface area (Å²) in [6, 6.07) is 8.38. The van der Waals surface area contributed by atoms with E-state index in [9.17, 15) is 13.2 Å². The van der Waals surface area contributed by atoms with Crippen molar-refractivity contribution in [1.82, 2.24) is 9.47 Å². The summed E-state index contributed by atoms with van der Waals surface area (Å²) >= 11 is 5.85. The van der Waals surface area contributed by atoms with Gasteiger partial charge in [0.05, 0.1) is 21.5 Å². The highest BCUT2D eigenvalue weighted by Gasteiger charge is 2.25. The number of likely N-dealkylation sites (N-methyl/N-ethyl adjacent to an activating group) is 1. The highest BCUT2D eigenvalue weighted by atomic mass is 35.5. The van der Waals surface area contributed by atoms with Gasteiger partial charge in [-0.05, 0) is 42.9 Å². The average Bonchev–Trinajstić information content (AvgIpc) is 2.76. The van der Waals surface area contributed by atoms with Gasteiger partial charge in [0, 0.05) is 44.4 Å². The molecule has 1 aliphatic heterocycles. The monoisotopic (exact) mass is 463 g/mol. The van der Waals surface area contributed by atoms with Gasteiger partial charge in [-0.25, -0.2) is 12.8 Å². The lowest BCUT2D eigenvalue weighted by atomic mass is 10.1. The summed E-state index contributed by atoms with van der Waals surface area (Å²) < 4.78 is 42.7. The first-order chi connectivity index (χ1) is 14.7.